The van der Waals surface area contributed by atoms with Gasteiger partial charge in [0, 0.05) is 16.7 Å². The van der Waals surface area contributed by atoms with Crippen molar-refractivity contribution in [1.29, 1.82) is 0 Å². The summed E-state index contributed by atoms with van der Waals surface area (Å²) in [7, 11) is 0. The number of thioether (sulfide) groups is 1. The third kappa shape index (κ3) is 3.15. The van der Waals surface area contributed by atoms with Crippen molar-refractivity contribution in [2.75, 3.05) is 0 Å². The van der Waals surface area contributed by atoms with Crippen LogP contribution < -0.4 is 0 Å². The van der Waals surface area contributed by atoms with Gasteiger partial charge in [0.1, 0.15) is 16.9 Å². The predicted molar refractivity (Wildman–Crippen MR) is 118 cm³/mol. The molecule has 0 radical (unpaired) electrons. The Morgan fingerprint density at radius 3 is 2.66 bits per heavy atom. The molecule has 2 aromatic carbocycles. The first-order valence-corrected chi connectivity index (χ1v) is 10.4. The Labute approximate surface area is 172 Å². The molecule has 3 aromatic heterocycles. The predicted octanol–water partition coefficient (Wildman–Crippen LogP) is 5.48. The largest absolute Gasteiger partial charge is 0.341 e. The zero-order valence-electron chi connectivity index (χ0n) is 16.2. The van der Waals surface area contributed by atoms with Crippen LogP contribution in [0.5, 0.6) is 0 Å². The molecule has 3 heterocycles. The summed E-state index contributed by atoms with van der Waals surface area (Å²) in [6.07, 6.45) is 3.23. The topological polar surface area (TPSA) is 67.3 Å². The number of nitrogens with one attached hydrogen (secondary N) is 1. The molecule has 0 bridgehead atoms. The van der Waals surface area contributed by atoms with Gasteiger partial charge in [0.25, 0.3) is 0 Å². The molecule has 142 valence electrons. The third-order valence-corrected chi connectivity index (χ3v) is 6.24. The van der Waals surface area contributed by atoms with E-state index in [1.165, 1.54) is 27.6 Å². The lowest BCUT2D eigenvalue weighted by atomic mass is 9.96. The molecular weight excluding hydrogens is 378 g/mol. The number of aryl methyl sites for hydroxylation is 2. The highest BCUT2D eigenvalue weighted by molar-refractivity contribution is 7.98. The van der Waals surface area contributed by atoms with E-state index in [-0.39, 0.29) is 0 Å². The Hall–Kier alpha value is -3.25. The lowest BCUT2D eigenvalue weighted by molar-refractivity contribution is 1.08. The van der Waals surface area contributed by atoms with E-state index in [1.54, 1.807) is 24.4 Å². The second kappa shape index (κ2) is 7.29. The van der Waals surface area contributed by atoms with Crippen molar-refractivity contribution in [1.82, 2.24) is 24.9 Å². The van der Waals surface area contributed by atoms with E-state index in [2.05, 4.69) is 76.2 Å². The van der Waals surface area contributed by atoms with Gasteiger partial charge in [-0.3, -0.25) is 0 Å². The maximum absolute atomic E-state index is 5.07. The van der Waals surface area contributed by atoms with Crippen molar-refractivity contribution in [3.8, 4) is 11.3 Å². The summed E-state index contributed by atoms with van der Waals surface area (Å²) in [6.45, 7) is 4.32. The molecule has 5 rings (SSSR count). The Morgan fingerprint density at radius 2 is 1.76 bits per heavy atom. The van der Waals surface area contributed by atoms with Crippen LogP contribution in [0.3, 0.4) is 0 Å². The molecule has 0 aliphatic rings. The molecule has 0 saturated carbocycles. The van der Waals surface area contributed by atoms with E-state index < -0.39 is 0 Å². The number of rotatable bonds is 4. The highest BCUT2D eigenvalue weighted by Gasteiger charge is 2.16. The van der Waals surface area contributed by atoms with E-state index in [1.807, 2.05) is 6.07 Å². The van der Waals surface area contributed by atoms with Gasteiger partial charge in [-0.05, 0) is 36.6 Å². The number of para-hydroxylation sites is 1. The fraction of sp³-hybridized carbons (Fsp3) is 0.130. The summed E-state index contributed by atoms with van der Waals surface area (Å²) >= 11 is 1.68. The number of benzene rings is 2. The van der Waals surface area contributed by atoms with Gasteiger partial charge in [-0.15, -0.1) is 0 Å². The molecule has 0 spiro atoms. The van der Waals surface area contributed by atoms with Crippen LogP contribution in [0.25, 0.3) is 33.3 Å². The first-order chi connectivity index (χ1) is 14.2. The Bertz CT molecular complexity index is 1340. The highest BCUT2D eigenvalue weighted by atomic mass is 32.2. The van der Waals surface area contributed by atoms with Gasteiger partial charge in [0.2, 0.25) is 0 Å². The van der Waals surface area contributed by atoms with E-state index in [4.69, 9.17) is 4.98 Å². The smallest absolute Gasteiger partial charge is 0.181 e. The number of fused-ring (bicyclic) bond motifs is 2. The molecule has 0 unspecified atom stereocenters. The number of nitrogens with zero attached hydrogens (tertiary/aromatic N) is 4. The fourth-order valence-electron chi connectivity index (χ4n) is 3.65. The number of hydrogen-bond acceptors (Lipinski definition) is 5. The van der Waals surface area contributed by atoms with Crippen LogP contribution in [0.2, 0.25) is 0 Å². The van der Waals surface area contributed by atoms with Gasteiger partial charge in [0.05, 0.1) is 17.5 Å². The van der Waals surface area contributed by atoms with Crippen LogP contribution in [-0.2, 0) is 5.75 Å². The van der Waals surface area contributed by atoms with Crippen molar-refractivity contribution in [2.24, 2.45) is 0 Å². The summed E-state index contributed by atoms with van der Waals surface area (Å²) in [5, 5.41) is 2.09. The van der Waals surface area contributed by atoms with Gasteiger partial charge in [0.15, 0.2) is 5.65 Å². The molecule has 0 amide bonds. The second-order valence-electron chi connectivity index (χ2n) is 6.96. The van der Waals surface area contributed by atoms with Crippen LogP contribution in [0.15, 0.2) is 66.2 Å². The van der Waals surface area contributed by atoms with Crippen molar-refractivity contribution in [3.05, 3.63) is 77.9 Å². The van der Waals surface area contributed by atoms with Crippen molar-refractivity contribution in [2.45, 2.75) is 24.6 Å². The van der Waals surface area contributed by atoms with Gasteiger partial charge in [-0.2, -0.15) is 0 Å². The lowest BCUT2D eigenvalue weighted by Gasteiger charge is -2.16. The van der Waals surface area contributed by atoms with Crippen LogP contribution in [0.1, 0.15) is 16.7 Å². The molecule has 1 N–H and O–H groups in total. The average Bonchev–Trinajstić information content (AvgIpc) is 3.23. The summed E-state index contributed by atoms with van der Waals surface area (Å²) in [6, 6.07) is 16.8. The zero-order valence-corrected chi connectivity index (χ0v) is 17.0. The summed E-state index contributed by atoms with van der Waals surface area (Å²) in [5.74, 6) is 0.762. The van der Waals surface area contributed by atoms with Crippen LogP contribution in [0, 0.1) is 13.8 Å². The summed E-state index contributed by atoms with van der Waals surface area (Å²) in [4.78, 5) is 21.1. The second-order valence-corrected chi connectivity index (χ2v) is 7.93. The SMILES string of the molecule is Cc1ccccc1-c1nc2ccccc2c(C)c1CSc1ncnc2nc[nH]c12. The maximum atomic E-state index is 5.07. The van der Waals surface area contributed by atoms with Gasteiger partial charge >= 0.3 is 0 Å². The molecule has 0 aliphatic carbocycles. The normalized spacial score (nSPS) is 11.4. The molecule has 0 fully saturated rings. The lowest BCUT2D eigenvalue weighted by Crippen LogP contribution is -1.99. The molecule has 5 nitrogen and oxygen atoms in total. The van der Waals surface area contributed by atoms with Crippen LogP contribution >= 0.6 is 11.8 Å². The standard InChI is InChI=1S/C23H19N5S/c1-14-7-3-4-8-16(14)20-18(15(2)17-9-5-6-10-19(17)28-20)11-29-23-21-22(25-12-24-21)26-13-27-23/h3-10,12-13H,11H2,1-2H3,(H,24,25,26,27). The van der Waals surface area contributed by atoms with E-state index in [0.717, 1.165) is 27.5 Å². The molecule has 0 aliphatic heterocycles. The van der Waals surface area contributed by atoms with Crippen LogP contribution in [-0.4, -0.2) is 24.9 Å². The monoisotopic (exact) mass is 397 g/mol. The quantitative estimate of drug-likeness (QED) is 0.321. The van der Waals surface area contributed by atoms with E-state index >= 15 is 0 Å². The number of aromatic nitrogens is 5. The van der Waals surface area contributed by atoms with Crippen molar-refractivity contribution in [3.63, 3.8) is 0 Å². The van der Waals surface area contributed by atoms with Crippen LogP contribution in [0.4, 0.5) is 0 Å². The first-order valence-electron chi connectivity index (χ1n) is 9.43. The molecule has 5 aromatic rings. The molecule has 0 atom stereocenters. The van der Waals surface area contributed by atoms with Crippen molar-refractivity contribution >= 4 is 33.8 Å². The number of pyridine rings is 1. The number of hydrogen-bond donors (Lipinski definition) is 1. The molecule has 6 heteroatoms. The Morgan fingerprint density at radius 1 is 0.931 bits per heavy atom. The summed E-state index contributed by atoms with van der Waals surface area (Å²) in [5.41, 5.74) is 8.52. The van der Waals surface area contributed by atoms with E-state index in [9.17, 15) is 0 Å². The third-order valence-electron chi connectivity index (χ3n) is 5.22. The minimum Gasteiger partial charge on any atom is -0.341 e. The van der Waals surface area contributed by atoms with Gasteiger partial charge < -0.3 is 4.98 Å². The zero-order chi connectivity index (χ0) is 19.8. The number of aromatic amines is 1. The van der Waals surface area contributed by atoms with Gasteiger partial charge in [-0.25, -0.2) is 19.9 Å². The molecule has 29 heavy (non-hydrogen) atoms. The number of imidazole rings is 1. The molecule has 0 saturated heterocycles. The minimum absolute atomic E-state index is 0.690. The van der Waals surface area contributed by atoms with Gasteiger partial charge in [-0.1, -0.05) is 54.2 Å². The maximum Gasteiger partial charge on any atom is 0.181 e. The Balaban J connectivity index is 1.65. The minimum atomic E-state index is 0.690. The Kier molecular flexibility index (Phi) is 4.48. The van der Waals surface area contributed by atoms with E-state index in [0.29, 0.717) is 5.65 Å². The number of H-pyrrole nitrogens is 1. The first kappa shape index (κ1) is 17.8. The highest BCUT2D eigenvalue weighted by Crippen LogP contribution is 2.35. The summed E-state index contributed by atoms with van der Waals surface area (Å²) < 4.78 is 0. The fourth-order valence-corrected chi connectivity index (χ4v) is 4.70. The van der Waals surface area contributed by atoms with Crippen molar-refractivity contribution < 1.29 is 0 Å². The average molecular weight is 398 g/mol. The molecular formula is C23H19N5S.